The third kappa shape index (κ3) is 4.05. The van der Waals surface area contributed by atoms with Gasteiger partial charge in [0.1, 0.15) is 17.8 Å². The SMILES string of the molecule is FC(F)(F)c1cc(NC2CCCN(Cc3c[nH]c4ccccc34)C2)ncn1. The van der Waals surface area contributed by atoms with Crippen LogP contribution in [0.1, 0.15) is 24.1 Å². The number of piperidine rings is 1. The van der Waals surface area contributed by atoms with Gasteiger partial charge >= 0.3 is 6.18 Å². The molecular formula is C19H20F3N5. The van der Waals surface area contributed by atoms with Gasteiger partial charge < -0.3 is 10.3 Å². The van der Waals surface area contributed by atoms with Crippen molar-refractivity contribution in [3.05, 3.63) is 54.1 Å². The number of H-pyrrole nitrogens is 1. The monoisotopic (exact) mass is 375 g/mol. The molecule has 5 nitrogen and oxygen atoms in total. The van der Waals surface area contributed by atoms with E-state index in [-0.39, 0.29) is 11.9 Å². The van der Waals surface area contributed by atoms with Gasteiger partial charge in [0.15, 0.2) is 0 Å². The summed E-state index contributed by atoms with van der Waals surface area (Å²) in [6.07, 6.45) is 0.402. The second-order valence-corrected chi connectivity index (χ2v) is 6.86. The summed E-state index contributed by atoms with van der Waals surface area (Å²) < 4.78 is 38.5. The highest BCUT2D eigenvalue weighted by Gasteiger charge is 2.33. The molecule has 0 aliphatic carbocycles. The summed E-state index contributed by atoms with van der Waals surface area (Å²) in [6.45, 7) is 2.53. The van der Waals surface area contributed by atoms with E-state index in [1.54, 1.807) is 0 Å². The van der Waals surface area contributed by atoms with Crippen LogP contribution >= 0.6 is 0 Å². The first-order valence-electron chi connectivity index (χ1n) is 8.92. The lowest BCUT2D eigenvalue weighted by atomic mass is 10.0. The van der Waals surface area contributed by atoms with E-state index in [2.05, 4.69) is 31.2 Å². The Morgan fingerprint density at radius 2 is 2.07 bits per heavy atom. The van der Waals surface area contributed by atoms with Gasteiger partial charge in [0, 0.05) is 42.3 Å². The lowest BCUT2D eigenvalue weighted by Crippen LogP contribution is -2.41. The summed E-state index contributed by atoms with van der Waals surface area (Å²) in [5.41, 5.74) is 1.42. The predicted octanol–water partition coefficient (Wildman–Crippen LogP) is 4.05. The number of hydrogen-bond donors (Lipinski definition) is 2. The molecule has 0 bridgehead atoms. The van der Waals surface area contributed by atoms with Crippen molar-refractivity contribution in [1.82, 2.24) is 19.9 Å². The van der Waals surface area contributed by atoms with Crippen LogP contribution in [0.4, 0.5) is 19.0 Å². The Labute approximate surface area is 154 Å². The predicted molar refractivity (Wildman–Crippen MR) is 97.3 cm³/mol. The Hall–Kier alpha value is -2.61. The lowest BCUT2D eigenvalue weighted by molar-refractivity contribution is -0.141. The summed E-state index contributed by atoms with van der Waals surface area (Å²) in [5, 5.41) is 4.35. The lowest BCUT2D eigenvalue weighted by Gasteiger charge is -2.33. The van der Waals surface area contributed by atoms with Gasteiger partial charge in [-0.05, 0) is 31.0 Å². The van der Waals surface area contributed by atoms with Crippen LogP contribution in [0.2, 0.25) is 0 Å². The van der Waals surface area contributed by atoms with Gasteiger partial charge in [0.05, 0.1) is 0 Å². The fraction of sp³-hybridized carbons (Fsp3) is 0.368. The molecule has 1 atom stereocenters. The van der Waals surface area contributed by atoms with Crippen molar-refractivity contribution in [2.75, 3.05) is 18.4 Å². The number of benzene rings is 1. The number of aromatic nitrogens is 3. The number of para-hydroxylation sites is 1. The van der Waals surface area contributed by atoms with E-state index in [9.17, 15) is 13.2 Å². The normalized spacial score (nSPS) is 18.7. The minimum atomic E-state index is -4.46. The Balaban J connectivity index is 1.43. The van der Waals surface area contributed by atoms with Crippen molar-refractivity contribution in [2.24, 2.45) is 0 Å². The van der Waals surface area contributed by atoms with E-state index in [0.717, 1.165) is 50.4 Å². The molecule has 1 aliphatic rings. The molecule has 1 aliphatic heterocycles. The molecule has 27 heavy (non-hydrogen) atoms. The number of nitrogens with one attached hydrogen (secondary N) is 2. The number of fused-ring (bicyclic) bond motifs is 1. The molecule has 2 aromatic heterocycles. The molecule has 0 saturated carbocycles. The van der Waals surface area contributed by atoms with Gasteiger partial charge in [0.2, 0.25) is 0 Å². The highest BCUT2D eigenvalue weighted by Crippen LogP contribution is 2.28. The van der Waals surface area contributed by atoms with Gasteiger partial charge in [-0.15, -0.1) is 0 Å². The van der Waals surface area contributed by atoms with Gasteiger partial charge in [-0.1, -0.05) is 18.2 Å². The van der Waals surface area contributed by atoms with E-state index in [0.29, 0.717) is 0 Å². The summed E-state index contributed by atoms with van der Waals surface area (Å²) in [4.78, 5) is 12.9. The number of anilines is 1. The Morgan fingerprint density at radius 1 is 1.22 bits per heavy atom. The van der Waals surface area contributed by atoms with Crippen molar-refractivity contribution in [2.45, 2.75) is 31.6 Å². The molecule has 0 amide bonds. The van der Waals surface area contributed by atoms with E-state index in [1.807, 2.05) is 24.4 Å². The number of aromatic amines is 1. The molecular weight excluding hydrogens is 355 g/mol. The molecule has 4 rings (SSSR count). The second-order valence-electron chi connectivity index (χ2n) is 6.86. The molecule has 0 radical (unpaired) electrons. The molecule has 3 aromatic rings. The maximum Gasteiger partial charge on any atom is 0.433 e. The minimum Gasteiger partial charge on any atom is -0.366 e. The minimum absolute atomic E-state index is 0.0555. The van der Waals surface area contributed by atoms with Crippen molar-refractivity contribution in [1.29, 1.82) is 0 Å². The van der Waals surface area contributed by atoms with Crippen molar-refractivity contribution in [3.63, 3.8) is 0 Å². The quantitative estimate of drug-likeness (QED) is 0.722. The van der Waals surface area contributed by atoms with Crippen LogP contribution in [0.25, 0.3) is 10.9 Å². The maximum absolute atomic E-state index is 12.8. The number of likely N-dealkylation sites (tertiary alicyclic amines) is 1. The molecule has 2 N–H and O–H groups in total. The molecule has 3 heterocycles. The Kier molecular flexibility index (Phi) is 4.73. The van der Waals surface area contributed by atoms with E-state index in [4.69, 9.17) is 0 Å². The fourth-order valence-corrected chi connectivity index (χ4v) is 3.62. The molecule has 8 heteroatoms. The average molecular weight is 375 g/mol. The van der Waals surface area contributed by atoms with Gasteiger partial charge in [-0.2, -0.15) is 13.2 Å². The molecule has 1 saturated heterocycles. The van der Waals surface area contributed by atoms with Crippen LogP contribution in [0, 0.1) is 0 Å². The Morgan fingerprint density at radius 3 is 2.93 bits per heavy atom. The van der Waals surface area contributed by atoms with Crippen LogP contribution < -0.4 is 5.32 Å². The summed E-state index contributed by atoms with van der Waals surface area (Å²) in [5.74, 6) is 0.219. The van der Waals surface area contributed by atoms with Gasteiger partial charge in [0.25, 0.3) is 0 Å². The number of rotatable bonds is 4. The Bertz CT molecular complexity index is 921. The van der Waals surface area contributed by atoms with Crippen molar-refractivity contribution >= 4 is 16.7 Å². The summed E-state index contributed by atoms with van der Waals surface area (Å²) in [7, 11) is 0. The molecule has 142 valence electrons. The zero-order chi connectivity index (χ0) is 18.9. The average Bonchev–Trinajstić information content (AvgIpc) is 3.05. The van der Waals surface area contributed by atoms with Crippen molar-refractivity contribution in [3.8, 4) is 0 Å². The van der Waals surface area contributed by atoms with Crippen LogP contribution in [0.15, 0.2) is 42.9 Å². The van der Waals surface area contributed by atoms with Crippen molar-refractivity contribution < 1.29 is 13.2 Å². The number of hydrogen-bond acceptors (Lipinski definition) is 4. The standard InChI is InChI=1S/C19H20F3N5/c20-19(21,22)17-8-18(25-12-24-17)26-14-4-3-7-27(11-14)10-13-9-23-16-6-2-1-5-15(13)16/h1-2,5-6,8-9,12,14,23H,3-4,7,10-11H2,(H,24,25,26). The van der Waals surface area contributed by atoms with Crippen LogP contribution in [-0.4, -0.2) is 39.0 Å². The first kappa shape index (κ1) is 17.8. The van der Waals surface area contributed by atoms with Gasteiger partial charge in [-0.3, -0.25) is 4.90 Å². The third-order valence-corrected chi connectivity index (χ3v) is 4.88. The fourth-order valence-electron chi connectivity index (χ4n) is 3.62. The summed E-state index contributed by atoms with van der Waals surface area (Å²) in [6, 6.07) is 9.19. The van der Waals surface area contributed by atoms with Crippen LogP contribution in [0.3, 0.4) is 0 Å². The third-order valence-electron chi connectivity index (χ3n) is 4.88. The molecule has 1 aromatic carbocycles. The molecule has 1 fully saturated rings. The molecule has 1 unspecified atom stereocenters. The highest BCUT2D eigenvalue weighted by molar-refractivity contribution is 5.82. The molecule has 0 spiro atoms. The maximum atomic E-state index is 12.8. The largest absolute Gasteiger partial charge is 0.433 e. The van der Waals surface area contributed by atoms with E-state index < -0.39 is 11.9 Å². The van der Waals surface area contributed by atoms with E-state index >= 15 is 0 Å². The van der Waals surface area contributed by atoms with Crippen LogP contribution in [0.5, 0.6) is 0 Å². The number of halogens is 3. The van der Waals surface area contributed by atoms with E-state index in [1.165, 1.54) is 10.9 Å². The topological polar surface area (TPSA) is 56.8 Å². The second kappa shape index (κ2) is 7.19. The zero-order valence-corrected chi connectivity index (χ0v) is 14.6. The number of alkyl halides is 3. The first-order chi connectivity index (χ1) is 13.0. The summed E-state index contributed by atoms with van der Waals surface area (Å²) >= 11 is 0. The van der Waals surface area contributed by atoms with Crippen LogP contribution in [-0.2, 0) is 12.7 Å². The smallest absolute Gasteiger partial charge is 0.366 e. The first-order valence-corrected chi connectivity index (χ1v) is 8.92. The number of nitrogens with zero attached hydrogens (tertiary/aromatic N) is 3. The zero-order valence-electron chi connectivity index (χ0n) is 14.6. The van der Waals surface area contributed by atoms with Gasteiger partial charge in [-0.25, -0.2) is 9.97 Å². The highest BCUT2D eigenvalue weighted by atomic mass is 19.4.